The highest BCUT2D eigenvalue weighted by Gasteiger charge is 2.03. The quantitative estimate of drug-likeness (QED) is 0.797. The second kappa shape index (κ2) is 6.23. The summed E-state index contributed by atoms with van der Waals surface area (Å²) in [6.45, 7) is 3.86. The van der Waals surface area contributed by atoms with Gasteiger partial charge in [0.2, 0.25) is 5.91 Å². The molecule has 0 aliphatic heterocycles. The van der Waals surface area contributed by atoms with Crippen molar-refractivity contribution < 1.29 is 4.79 Å². The fourth-order valence-electron chi connectivity index (χ4n) is 1.35. The van der Waals surface area contributed by atoms with Gasteiger partial charge in [-0.05, 0) is 38.8 Å². The molecular weight excluding hydrogens is 202 g/mol. The third kappa shape index (κ3) is 4.89. The van der Waals surface area contributed by atoms with Gasteiger partial charge in [0.05, 0.1) is 11.9 Å². The molecule has 1 aromatic rings. The van der Waals surface area contributed by atoms with Crippen LogP contribution in [0.1, 0.15) is 31.9 Å². The number of rotatable bonds is 5. The number of hydrogen-bond acceptors (Lipinski definition) is 3. The molecule has 3 N–H and O–H groups in total. The van der Waals surface area contributed by atoms with E-state index in [9.17, 15) is 4.79 Å². The molecular formula is C12H19N3O. The lowest BCUT2D eigenvalue weighted by Gasteiger charge is -2.06. The molecule has 0 spiro atoms. The van der Waals surface area contributed by atoms with E-state index in [0.717, 1.165) is 24.2 Å². The summed E-state index contributed by atoms with van der Waals surface area (Å²) in [5.41, 5.74) is 7.29. The van der Waals surface area contributed by atoms with Crippen LogP contribution in [0.5, 0.6) is 0 Å². The minimum absolute atomic E-state index is 0.0197. The standard InChI is InChI=1S/C12H19N3O/c1-9(13)4-3-5-12(16)15-11-7-6-10(2)14-8-11/h6-9H,3-5,13H2,1-2H3,(H,15,16). The van der Waals surface area contributed by atoms with Crippen molar-refractivity contribution in [2.24, 2.45) is 5.73 Å². The zero-order valence-electron chi connectivity index (χ0n) is 9.86. The van der Waals surface area contributed by atoms with Gasteiger partial charge in [-0.3, -0.25) is 9.78 Å². The number of pyridine rings is 1. The Labute approximate surface area is 96.3 Å². The maximum absolute atomic E-state index is 11.5. The molecule has 0 radical (unpaired) electrons. The SMILES string of the molecule is Cc1ccc(NC(=O)CCCC(C)N)cn1. The summed E-state index contributed by atoms with van der Waals surface area (Å²) in [7, 11) is 0. The van der Waals surface area contributed by atoms with Crippen LogP contribution < -0.4 is 11.1 Å². The summed E-state index contributed by atoms with van der Waals surface area (Å²) in [5.74, 6) is 0.0197. The predicted molar refractivity (Wildman–Crippen MR) is 65.1 cm³/mol. The predicted octanol–water partition coefficient (Wildman–Crippen LogP) is 1.85. The molecule has 1 aromatic heterocycles. The molecule has 1 rings (SSSR count). The maximum atomic E-state index is 11.5. The summed E-state index contributed by atoms with van der Waals surface area (Å²) >= 11 is 0. The topological polar surface area (TPSA) is 68.0 Å². The molecule has 1 amide bonds. The first-order valence-electron chi connectivity index (χ1n) is 5.56. The summed E-state index contributed by atoms with van der Waals surface area (Å²) in [5, 5.41) is 2.80. The molecule has 4 nitrogen and oxygen atoms in total. The zero-order valence-corrected chi connectivity index (χ0v) is 9.86. The zero-order chi connectivity index (χ0) is 12.0. The fourth-order valence-corrected chi connectivity index (χ4v) is 1.35. The van der Waals surface area contributed by atoms with Crippen molar-refractivity contribution in [1.82, 2.24) is 4.98 Å². The van der Waals surface area contributed by atoms with Crippen LogP contribution in [0.25, 0.3) is 0 Å². The largest absolute Gasteiger partial charge is 0.328 e. The van der Waals surface area contributed by atoms with E-state index >= 15 is 0 Å². The van der Waals surface area contributed by atoms with Gasteiger partial charge < -0.3 is 11.1 Å². The van der Waals surface area contributed by atoms with Crippen LogP contribution in [0, 0.1) is 6.92 Å². The lowest BCUT2D eigenvalue weighted by atomic mass is 10.1. The van der Waals surface area contributed by atoms with E-state index in [-0.39, 0.29) is 11.9 Å². The maximum Gasteiger partial charge on any atom is 0.224 e. The van der Waals surface area contributed by atoms with Gasteiger partial charge in [-0.1, -0.05) is 0 Å². The molecule has 1 unspecified atom stereocenters. The molecule has 0 saturated carbocycles. The van der Waals surface area contributed by atoms with Crippen molar-refractivity contribution in [3.05, 3.63) is 24.0 Å². The fraction of sp³-hybridized carbons (Fsp3) is 0.500. The van der Waals surface area contributed by atoms with Crippen LogP contribution >= 0.6 is 0 Å². The normalized spacial score (nSPS) is 12.2. The Morgan fingerprint density at radius 1 is 1.56 bits per heavy atom. The van der Waals surface area contributed by atoms with Crippen LogP contribution in [0.4, 0.5) is 5.69 Å². The molecule has 0 aliphatic carbocycles. The second-order valence-electron chi connectivity index (χ2n) is 4.11. The number of aryl methyl sites for hydroxylation is 1. The molecule has 0 bridgehead atoms. The van der Waals surface area contributed by atoms with Crippen molar-refractivity contribution in [3.63, 3.8) is 0 Å². The first-order valence-corrected chi connectivity index (χ1v) is 5.56. The third-order valence-electron chi connectivity index (χ3n) is 2.26. The van der Waals surface area contributed by atoms with Gasteiger partial charge in [-0.25, -0.2) is 0 Å². The summed E-state index contributed by atoms with van der Waals surface area (Å²) in [6.07, 6.45) is 3.87. The Kier molecular flexibility index (Phi) is 4.92. The van der Waals surface area contributed by atoms with Crippen molar-refractivity contribution in [2.75, 3.05) is 5.32 Å². The Morgan fingerprint density at radius 3 is 2.88 bits per heavy atom. The number of nitrogens with zero attached hydrogens (tertiary/aromatic N) is 1. The number of carbonyl (C=O) groups excluding carboxylic acids is 1. The lowest BCUT2D eigenvalue weighted by molar-refractivity contribution is -0.116. The number of aromatic nitrogens is 1. The Balaban J connectivity index is 2.31. The van der Waals surface area contributed by atoms with Crippen LogP contribution in [0.3, 0.4) is 0 Å². The van der Waals surface area contributed by atoms with Crippen molar-refractivity contribution in [3.8, 4) is 0 Å². The Morgan fingerprint density at radius 2 is 2.31 bits per heavy atom. The van der Waals surface area contributed by atoms with E-state index in [1.165, 1.54) is 0 Å². The number of nitrogens with one attached hydrogen (secondary N) is 1. The van der Waals surface area contributed by atoms with E-state index in [1.807, 2.05) is 26.0 Å². The number of carbonyl (C=O) groups is 1. The molecule has 4 heteroatoms. The molecule has 88 valence electrons. The van der Waals surface area contributed by atoms with Gasteiger partial charge in [0.15, 0.2) is 0 Å². The minimum atomic E-state index is 0.0197. The molecule has 0 saturated heterocycles. The highest BCUT2D eigenvalue weighted by atomic mass is 16.1. The van der Waals surface area contributed by atoms with Gasteiger partial charge in [0.1, 0.15) is 0 Å². The van der Waals surface area contributed by atoms with E-state index < -0.39 is 0 Å². The molecule has 1 atom stereocenters. The number of anilines is 1. The Bertz CT molecular complexity index is 333. The average molecular weight is 221 g/mol. The first-order chi connectivity index (χ1) is 7.58. The highest BCUT2D eigenvalue weighted by Crippen LogP contribution is 2.07. The summed E-state index contributed by atoms with van der Waals surface area (Å²) < 4.78 is 0. The van der Waals surface area contributed by atoms with Crippen molar-refractivity contribution in [2.45, 2.75) is 39.2 Å². The van der Waals surface area contributed by atoms with Gasteiger partial charge in [-0.2, -0.15) is 0 Å². The van der Waals surface area contributed by atoms with E-state index in [1.54, 1.807) is 6.20 Å². The van der Waals surface area contributed by atoms with Crippen LogP contribution in [-0.4, -0.2) is 16.9 Å². The van der Waals surface area contributed by atoms with Gasteiger partial charge in [0.25, 0.3) is 0 Å². The van der Waals surface area contributed by atoms with Crippen molar-refractivity contribution >= 4 is 11.6 Å². The first kappa shape index (κ1) is 12.6. The van der Waals surface area contributed by atoms with E-state index in [4.69, 9.17) is 5.73 Å². The number of nitrogens with two attached hydrogens (primary N) is 1. The smallest absolute Gasteiger partial charge is 0.224 e. The van der Waals surface area contributed by atoms with Crippen molar-refractivity contribution in [1.29, 1.82) is 0 Å². The summed E-state index contributed by atoms with van der Waals surface area (Å²) in [4.78, 5) is 15.6. The lowest BCUT2D eigenvalue weighted by Crippen LogP contribution is -2.16. The monoisotopic (exact) mass is 221 g/mol. The molecule has 0 aliphatic rings. The molecule has 1 heterocycles. The highest BCUT2D eigenvalue weighted by molar-refractivity contribution is 5.90. The number of amides is 1. The molecule has 16 heavy (non-hydrogen) atoms. The number of hydrogen-bond donors (Lipinski definition) is 2. The van der Waals surface area contributed by atoms with Gasteiger partial charge >= 0.3 is 0 Å². The van der Waals surface area contributed by atoms with E-state index in [0.29, 0.717) is 6.42 Å². The van der Waals surface area contributed by atoms with Gasteiger partial charge in [-0.15, -0.1) is 0 Å². The minimum Gasteiger partial charge on any atom is -0.328 e. The third-order valence-corrected chi connectivity index (χ3v) is 2.26. The Hall–Kier alpha value is -1.42. The second-order valence-corrected chi connectivity index (χ2v) is 4.11. The van der Waals surface area contributed by atoms with Crippen LogP contribution in [-0.2, 0) is 4.79 Å². The molecule has 0 fully saturated rings. The van der Waals surface area contributed by atoms with E-state index in [2.05, 4.69) is 10.3 Å². The molecule has 0 aromatic carbocycles. The van der Waals surface area contributed by atoms with Crippen LogP contribution in [0.2, 0.25) is 0 Å². The summed E-state index contributed by atoms with van der Waals surface area (Å²) in [6, 6.07) is 3.89. The average Bonchev–Trinajstić information content (AvgIpc) is 2.21. The van der Waals surface area contributed by atoms with Crippen LogP contribution in [0.15, 0.2) is 18.3 Å². The van der Waals surface area contributed by atoms with Gasteiger partial charge in [0, 0.05) is 18.2 Å².